The lowest BCUT2D eigenvalue weighted by Crippen LogP contribution is -2.18. The summed E-state index contributed by atoms with van der Waals surface area (Å²) in [4.78, 5) is 4.16. The van der Waals surface area contributed by atoms with Crippen LogP contribution in [0.25, 0.3) is 0 Å². The van der Waals surface area contributed by atoms with Crippen molar-refractivity contribution in [1.29, 1.82) is 0 Å². The second-order valence-electron chi connectivity index (χ2n) is 2.77. The summed E-state index contributed by atoms with van der Waals surface area (Å²) in [6.45, 7) is 1.96. The fourth-order valence-electron chi connectivity index (χ4n) is 0.895. The molecule has 2 nitrogen and oxygen atoms in total. The third kappa shape index (κ3) is 2.88. The molecule has 0 amide bonds. The Bertz CT molecular complexity index is 276. The van der Waals surface area contributed by atoms with Crippen LogP contribution in [0.2, 0.25) is 5.02 Å². The molecule has 0 saturated carbocycles. The maximum absolute atomic E-state index is 5.82. The summed E-state index contributed by atoms with van der Waals surface area (Å²) in [6.07, 6.45) is 2.47. The minimum absolute atomic E-state index is 0.148. The topological polar surface area (TPSA) is 38.9 Å². The Morgan fingerprint density at radius 2 is 2.42 bits per heavy atom. The molecule has 0 radical (unpaired) electrons. The number of nitrogens with zero attached hydrogens (tertiary/aromatic N) is 1. The van der Waals surface area contributed by atoms with Gasteiger partial charge in [-0.3, -0.25) is 4.98 Å². The van der Waals surface area contributed by atoms with Crippen LogP contribution < -0.4 is 5.73 Å². The molecule has 1 heterocycles. The molecule has 1 aromatic rings. The number of halogens is 2. The molecule has 0 aliphatic rings. The van der Waals surface area contributed by atoms with E-state index in [1.54, 1.807) is 6.20 Å². The van der Waals surface area contributed by atoms with Crippen molar-refractivity contribution in [3.8, 4) is 0 Å². The molecule has 0 aliphatic carbocycles. The Balaban J connectivity index is 2.82. The Morgan fingerprint density at radius 1 is 1.75 bits per heavy atom. The van der Waals surface area contributed by atoms with Crippen molar-refractivity contribution in [3.63, 3.8) is 0 Å². The number of hydrogen-bond donors (Lipinski definition) is 1. The van der Waals surface area contributed by atoms with Crippen LogP contribution in [0.3, 0.4) is 0 Å². The van der Waals surface area contributed by atoms with Gasteiger partial charge in [0.1, 0.15) is 0 Å². The minimum atomic E-state index is 0.148. The van der Waals surface area contributed by atoms with Gasteiger partial charge in [0, 0.05) is 27.9 Å². The number of nitrogens with two attached hydrogens (primary N) is 1. The molecule has 0 aliphatic heterocycles. The minimum Gasteiger partial charge on any atom is -0.328 e. The Kier molecular flexibility index (Phi) is 3.74. The lowest BCUT2D eigenvalue weighted by atomic mass is 10.2. The Hall–Kier alpha value is 0.130. The summed E-state index contributed by atoms with van der Waals surface area (Å²) < 4.78 is 1.03. The van der Waals surface area contributed by atoms with E-state index in [4.69, 9.17) is 17.3 Å². The molecule has 2 N–H and O–H groups in total. The highest BCUT2D eigenvalue weighted by molar-refractivity contribution is 14.1. The zero-order valence-electron chi connectivity index (χ0n) is 6.72. The van der Waals surface area contributed by atoms with Crippen molar-refractivity contribution in [1.82, 2.24) is 4.98 Å². The van der Waals surface area contributed by atoms with E-state index in [0.717, 1.165) is 15.7 Å². The van der Waals surface area contributed by atoms with E-state index in [0.29, 0.717) is 5.02 Å². The number of pyridine rings is 1. The van der Waals surface area contributed by atoms with Gasteiger partial charge in [0.05, 0.1) is 5.02 Å². The second-order valence-corrected chi connectivity index (χ2v) is 4.34. The lowest BCUT2D eigenvalue weighted by molar-refractivity contribution is 0.722. The van der Waals surface area contributed by atoms with Gasteiger partial charge < -0.3 is 5.73 Å². The first-order valence-corrected chi connectivity index (χ1v) is 5.10. The molecule has 12 heavy (non-hydrogen) atoms. The lowest BCUT2D eigenvalue weighted by Gasteiger charge is -2.04. The van der Waals surface area contributed by atoms with Gasteiger partial charge in [-0.2, -0.15) is 0 Å². The molecule has 66 valence electrons. The Morgan fingerprint density at radius 3 is 2.92 bits per heavy atom. The van der Waals surface area contributed by atoms with Crippen molar-refractivity contribution >= 4 is 34.2 Å². The van der Waals surface area contributed by atoms with Crippen LogP contribution in [0, 0.1) is 3.57 Å². The van der Waals surface area contributed by atoms with Crippen LogP contribution in [-0.4, -0.2) is 11.0 Å². The second kappa shape index (κ2) is 4.39. The smallest absolute Gasteiger partial charge is 0.0722 e. The van der Waals surface area contributed by atoms with Crippen molar-refractivity contribution in [3.05, 3.63) is 26.5 Å². The van der Waals surface area contributed by atoms with Gasteiger partial charge in [0.2, 0.25) is 0 Å². The van der Waals surface area contributed by atoms with Crippen LogP contribution in [0.15, 0.2) is 12.3 Å². The average molecular weight is 297 g/mol. The van der Waals surface area contributed by atoms with Crippen LogP contribution in [0.4, 0.5) is 0 Å². The van der Waals surface area contributed by atoms with E-state index >= 15 is 0 Å². The summed E-state index contributed by atoms with van der Waals surface area (Å²) in [7, 11) is 0. The van der Waals surface area contributed by atoms with E-state index in [2.05, 4.69) is 27.6 Å². The van der Waals surface area contributed by atoms with Gasteiger partial charge in [-0.15, -0.1) is 0 Å². The molecule has 4 heteroatoms. The summed E-state index contributed by atoms with van der Waals surface area (Å²) >= 11 is 8.00. The monoisotopic (exact) mass is 296 g/mol. The normalized spacial score (nSPS) is 13.0. The first-order valence-electron chi connectivity index (χ1n) is 3.65. The van der Waals surface area contributed by atoms with E-state index < -0.39 is 0 Å². The Labute approximate surface area is 90.7 Å². The molecule has 0 bridgehead atoms. The van der Waals surface area contributed by atoms with Gasteiger partial charge in [-0.05, 0) is 35.6 Å². The van der Waals surface area contributed by atoms with Crippen molar-refractivity contribution in [2.45, 2.75) is 19.4 Å². The SMILES string of the molecule is CC(N)Cc1cc(I)c(Cl)cn1. The molecular weight excluding hydrogens is 286 g/mol. The van der Waals surface area contributed by atoms with Crippen LogP contribution in [0.5, 0.6) is 0 Å². The quantitative estimate of drug-likeness (QED) is 0.850. The highest BCUT2D eigenvalue weighted by atomic mass is 127. The molecule has 0 saturated heterocycles. The number of aromatic nitrogens is 1. The first kappa shape index (κ1) is 10.2. The van der Waals surface area contributed by atoms with Crippen LogP contribution >= 0.6 is 34.2 Å². The first-order chi connectivity index (χ1) is 5.59. The summed E-state index contributed by atoms with van der Waals surface area (Å²) in [6, 6.07) is 2.11. The largest absolute Gasteiger partial charge is 0.328 e. The van der Waals surface area contributed by atoms with E-state index in [1.165, 1.54) is 0 Å². The zero-order chi connectivity index (χ0) is 9.14. The van der Waals surface area contributed by atoms with Crippen LogP contribution in [-0.2, 0) is 6.42 Å². The highest BCUT2D eigenvalue weighted by Crippen LogP contribution is 2.17. The summed E-state index contributed by atoms with van der Waals surface area (Å²) in [5, 5.41) is 0.698. The van der Waals surface area contributed by atoms with E-state index in [9.17, 15) is 0 Å². The van der Waals surface area contributed by atoms with E-state index in [1.807, 2.05) is 13.0 Å². The molecule has 1 aromatic heterocycles. The van der Waals surface area contributed by atoms with E-state index in [-0.39, 0.29) is 6.04 Å². The molecule has 0 spiro atoms. The molecule has 0 fully saturated rings. The molecule has 0 aromatic carbocycles. The third-order valence-corrected chi connectivity index (χ3v) is 2.91. The van der Waals surface area contributed by atoms with Gasteiger partial charge in [-0.25, -0.2) is 0 Å². The van der Waals surface area contributed by atoms with Gasteiger partial charge in [-0.1, -0.05) is 11.6 Å². The molecule has 1 unspecified atom stereocenters. The fourth-order valence-corrected chi connectivity index (χ4v) is 1.50. The van der Waals surface area contributed by atoms with Crippen molar-refractivity contribution < 1.29 is 0 Å². The van der Waals surface area contributed by atoms with Gasteiger partial charge in [0.25, 0.3) is 0 Å². The zero-order valence-corrected chi connectivity index (χ0v) is 9.63. The molecule has 1 rings (SSSR count). The maximum atomic E-state index is 5.82. The predicted octanol–water partition coefficient (Wildman–Crippen LogP) is 2.23. The van der Waals surface area contributed by atoms with Crippen molar-refractivity contribution in [2.75, 3.05) is 0 Å². The van der Waals surface area contributed by atoms with Gasteiger partial charge >= 0.3 is 0 Å². The average Bonchev–Trinajstić information content (AvgIpc) is 1.96. The molecule has 1 atom stereocenters. The third-order valence-electron chi connectivity index (χ3n) is 1.40. The van der Waals surface area contributed by atoms with Gasteiger partial charge in [0.15, 0.2) is 0 Å². The molecular formula is C8H10ClIN2. The van der Waals surface area contributed by atoms with Crippen LogP contribution in [0.1, 0.15) is 12.6 Å². The standard InChI is InChI=1S/C8H10ClIN2/c1-5(11)2-6-3-8(10)7(9)4-12-6/h3-5H,2,11H2,1H3. The highest BCUT2D eigenvalue weighted by Gasteiger charge is 2.02. The van der Waals surface area contributed by atoms with Crippen molar-refractivity contribution in [2.24, 2.45) is 5.73 Å². The maximum Gasteiger partial charge on any atom is 0.0722 e. The number of hydrogen-bond acceptors (Lipinski definition) is 2. The number of rotatable bonds is 2. The predicted molar refractivity (Wildman–Crippen MR) is 59.3 cm³/mol. The summed E-state index contributed by atoms with van der Waals surface area (Å²) in [5.41, 5.74) is 6.64. The fraction of sp³-hybridized carbons (Fsp3) is 0.375. The summed E-state index contributed by atoms with van der Waals surface area (Å²) in [5.74, 6) is 0.